The Kier molecular flexibility index (Phi) is 5.01. The third-order valence-corrected chi connectivity index (χ3v) is 4.70. The smallest absolute Gasteiger partial charge is 0.324 e. The Morgan fingerprint density at radius 3 is 2.29 bits per heavy atom. The Balaban J connectivity index is 1.51. The van der Waals surface area contributed by atoms with Gasteiger partial charge in [-0.15, -0.1) is 0 Å². The van der Waals surface area contributed by atoms with Gasteiger partial charge in [0.05, 0.1) is 28.1 Å². The van der Waals surface area contributed by atoms with Crippen molar-refractivity contribution in [2.24, 2.45) is 0 Å². The molecule has 1 N–H and O–H groups in total. The summed E-state index contributed by atoms with van der Waals surface area (Å²) in [7, 11) is 0. The summed E-state index contributed by atoms with van der Waals surface area (Å²) >= 11 is 0. The first-order valence-electron chi connectivity index (χ1n) is 9.07. The van der Waals surface area contributed by atoms with Gasteiger partial charge in [0, 0.05) is 13.0 Å². The molecule has 2 heterocycles. The van der Waals surface area contributed by atoms with Gasteiger partial charge in [-0.25, -0.2) is 9.67 Å². The minimum atomic E-state index is -4.61. The Labute approximate surface area is 173 Å². The van der Waals surface area contributed by atoms with E-state index in [1.54, 1.807) is 12.1 Å². The number of anilines is 1. The van der Waals surface area contributed by atoms with Gasteiger partial charge < -0.3 is 5.32 Å². The molecule has 0 saturated carbocycles. The van der Waals surface area contributed by atoms with E-state index in [0.29, 0.717) is 0 Å². The van der Waals surface area contributed by atoms with Gasteiger partial charge in [-0.1, -0.05) is 12.1 Å². The van der Waals surface area contributed by atoms with Gasteiger partial charge in [-0.3, -0.25) is 19.3 Å². The largest absolute Gasteiger partial charge is 0.416 e. The molecule has 2 aromatic carbocycles. The van der Waals surface area contributed by atoms with Gasteiger partial charge >= 0.3 is 6.18 Å². The van der Waals surface area contributed by atoms with Crippen LogP contribution in [0.2, 0.25) is 0 Å². The number of alkyl halides is 3. The van der Waals surface area contributed by atoms with Crippen LogP contribution in [-0.4, -0.2) is 43.9 Å². The number of amides is 3. The SMILES string of the molecule is O=C(CCN1C(=O)c2ccccc2C1=O)Nc1cc(C(F)(F)F)ccc1-n1cncn1. The number of carbonyl (C=O) groups is 3. The molecule has 1 aliphatic heterocycles. The molecule has 0 bridgehead atoms. The zero-order valence-corrected chi connectivity index (χ0v) is 15.8. The van der Waals surface area contributed by atoms with E-state index >= 15 is 0 Å². The van der Waals surface area contributed by atoms with Gasteiger partial charge in [0.25, 0.3) is 11.8 Å². The van der Waals surface area contributed by atoms with E-state index in [4.69, 9.17) is 0 Å². The third kappa shape index (κ3) is 3.89. The Morgan fingerprint density at radius 2 is 1.71 bits per heavy atom. The molecule has 8 nitrogen and oxygen atoms in total. The number of hydrogen-bond acceptors (Lipinski definition) is 5. The van der Waals surface area contributed by atoms with Crippen LogP contribution >= 0.6 is 0 Å². The minimum absolute atomic E-state index is 0.132. The van der Waals surface area contributed by atoms with Gasteiger partial charge in [0.1, 0.15) is 12.7 Å². The van der Waals surface area contributed by atoms with E-state index in [0.717, 1.165) is 23.1 Å². The van der Waals surface area contributed by atoms with Crippen LogP contribution in [0.3, 0.4) is 0 Å². The van der Waals surface area contributed by atoms with E-state index in [2.05, 4.69) is 15.4 Å². The van der Waals surface area contributed by atoms with Crippen LogP contribution in [-0.2, 0) is 11.0 Å². The molecule has 4 rings (SSSR count). The van der Waals surface area contributed by atoms with Gasteiger partial charge in [0.2, 0.25) is 5.91 Å². The minimum Gasteiger partial charge on any atom is -0.324 e. The van der Waals surface area contributed by atoms with Crippen LogP contribution in [0.1, 0.15) is 32.7 Å². The zero-order chi connectivity index (χ0) is 22.2. The molecule has 0 saturated heterocycles. The molecule has 0 unspecified atom stereocenters. The lowest BCUT2D eigenvalue weighted by Gasteiger charge is -2.16. The van der Waals surface area contributed by atoms with Gasteiger partial charge in [-0.2, -0.15) is 18.3 Å². The fraction of sp³-hybridized carbons (Fsp3) is 0.150. The summed E-state index contributed by atoms with van der Waals surface area (Å²) in [4.78, 5) is 41.9. The van der Waals surface area contributed by atoms with Gasteiger partial charge in [0.15, 0.2) is 0 Å². The van der Waals surface area contributed by atoms with E-state index in [1.165, 1.54) is 29.5 Å². The Hall–Kier alpha value is -4.02. The van der Waals surface area contributed by atoms with E-state index in [1.807, 2.05) is 0 Å². The standard InChI is InChI=1S/C20H14F3N5O3/c21-20(22,23)12-5-6-16(28-11-24-10-25-28)15(9-12)26-17(29)7-8-27-18(30)13-3-1-2-4-14(13)19(27)31/h1-6,9-11H,7-8H2,(H,26,29). The Morgan fingerprint density at radius 1 is 1.03 bits per heavy atom. The summed E-state index contributed by atoms with van der Waals surface area (Å²) in [6.07, 6.45) is -2.43. The third-order valence-electron chi connectivity index (χ3n) is 4.70. The molecule has 0 radical (unpaired) electrons. The lowest BCUT2D eigenvalue weighted by Crippen LogP contribution is -2.33. The molecule has 158 valence electrons. The van der Waals surface area contributed by atoms with Crippen LogP contribution in [0.25, 0.3) is 5.69 Å². The van der Waals surface area contributed by atoms with Crippen molar-refractivity contribution in [3.8, 4) is 5.69 Å². The molecular weight excluding hydrogens is 415 g/mol. The van der Waals surface area contributed by atoms with Crippen molar-refractivity contribution < 1.29 is 27.6 Å². The average molecular weight is 429 g/mol. The molecule has 0 atom stereocenters. The van der Waals surface area contributed by atoms with Gasteiger partial charge in [-0.05, 0) is 30.3 Å². The number of fused-ring (bicyclic) bond motifs is 1. The normalized spacial score (nSPS) is 13.5. The fourth-order valence-corrected chi connectivity index (χ4v) is 3.21. The summed E-state index contributed by atoms with van der Waals surface area (Å²) in [5, 5.41) is 6.28. The molecule has 3 amide bonds. The topological polar surface area (TPSA) is 97.2 Å². The first-order chi connectivity index (χ1) is 14.8. The number of aromatic nitrogens is 3. The number of nitrogens with zero attached hydrogens (tertiary/aromatic N) is 4. The van der Waals surface area contributed by atoms with Crippen molar-refractivity contribution in [1.29, 1.82) is 0 Å². The lowest BCUT2D eigenvalue weighted by molar-refractivity contribution is -0.137. The highest BCUT2D eigenvalue weighted by molar-refractivity contribution is 6.21. The maximum Gasteiger partial charge on any atom is 0.416 e. The quantitative estimate of drug-likeness (QED) is 0.629. The Bertz CT molecular complexity index is 1140. The van der Waals surface area contributed by atoms with Crippen molar-refractivity contribution in [2.75, 3.05) is 11.9 Å². The molecule has 0 fully saturated rings. The number of halogens is 3. The van der Waals surface area contributed by atoms with Crippen LogP contribution in [0.5, 0.6) is 0 Å². The number of hydrogen-bond donors (Lipinski definition) is 1. The van der Waals surface area contributed by atoms with Crippen molar-refractivity contribution in [2.45, 2.75) is 12.6 Å². The van der Waals surface area contributed by atoms with E-state index < -0.39 is 29.5 Å². The molecular formula is C20H14F3N5O3. The maximum atomic E-state index is 13.1. The average Bonchev–Trinajstić information content (AvgIpc) is 3.34. The molecule has 1 aliphatic rings. The van der Waals surface area contributed by atoms with E-state index in [9.17, 15) is 27.6 Å². The molecule has 1 aromatic heterocycles. The zero-order valence-electron chi connectivity index (χ0n) is 15.8. The predicted molar refractivity (Wildman–Crippen MR) is 101 cm³/mol. The van der Waals surface area contributed by atoms with Crippen molar-refractivity contribution in [3.63, 3.8) is 0 Å². The molecule has 11 heteroatoms. The van der Waals surface area contributed by atoms with Crippen LogP contribution in [0.15, 0.2) is 55.1 Å². The number of imide groups is 1. The highest BCUT2D eigenvalue weighted by Crippen LogP contribution is 2.33. The molecule has 0 aliphatic carbocycles. The number of nitrogens with one attached hydrogen (secondary N) is 1. The summed E-state index contributed by atoms with van der Waals surface area (Å²) in [6, 6.07) is 9.10. The van der Waals surface area contributed by atoms with Crippen LogP contribution in [0, 0.1) is 0 Å². The second-order valence-electron chi connectivity index (χ2n) is 6.68. The van der Waals surface area contributed by atoms with Crippen molar-refractivity contribution >= 4 is 23.4 Å². The predicted octanol–water partition coefficient (Wildman–Crippen LogP) is 2.91. The van der Waals surface area contributed by atoms with Crippen LogP contribution in [0.4, 0.5) is 18.9 Å². The first-order valence-corrected chi connectivity index (χ1v) is 9.07. The fourth-order valence-electron chi connectivity index (χ4n) is 3.21. The van der Waals surface area contributed by atoms with Crippen molar-refractivity contribution in [3.05, 3.63) is 71.8 Å². The second-order valence-corrected chi connectivity index (χ2v) is 6.68. The van der Waals surface area contributed by atoms with E-state index in [-0.39, 0.29) is 35.5 Å². The maximum absolute atomic E-state index is 13.1. The molecule has 3 aromatic rings. The van der Waals surface area contributed by atoms with Crippen molar-refractivity contribution in [1.82, 2.24) is 19.7 Å². The summed E-state index contributed by atoms with van der Waals surface area (Å²) in [6.45, 7) is -0.212. The molecule has 31 heavy (non-hydrogen) atoms. The lowest BCUT2D eigenvalue weighted by atomic mass is 10.1. The van der Waals surface area contributed by atoms with Crippen LogP contribution < -0.4 is 5.32 Å². The monoisotopic (exact) mass is 429 g/mol. The molecule has 0 spiro atoms. The summed E-state index contributed by atoms with van der Waals surface area (Å²) in [5.74, 6) is -1.70. The highest BCUT2D eigenvalue weighted by atomic mass is 19.4. The number of rotatable bonds is 5. The first kappa shape index (κ1) is 20.3. The number of benzene rings is 2. The highest BCUT2D eigenvalue weighted by Gasteiger charge is 2.35. The summed E-state index contributed by atoms with van der Waals surface area (Å²) in [5.41, 5.74) is -0.405. The summed E-state index contributed by atoms with van der Waals surface area (Å²) < 4.78 is 40.6. The second kappa shape index (κ2) is 7.67. The number of carbonyl (C=O) groups excluding carboxylic acids is 3.